The summed E-state index contributed by atoms with van der Waals surface area (Å²) in [5.41, 5.74) is 1.53. The fourth-order valence-electron chi connectivity index (χ4n) is 3.99. The van der Waals surface area contributed by atoms with Crippen LogP contribution in [0.3, 0.4) is 0 Å². The van der Waals surface area contributed by atoms with Crippen molar-refractivity contribution in [2.45, 2.75) is 64.0 Å². The first-order valence-electron chi connectivity index (χ1n) is 9.36. The van der Waals surface area contributed by atoms with Crippen molar-refractivity contribution in [2.75, 3.05) is 19.6 Å². The minimum Gasteiger partial charge on any atom is -0.314 e. The van der Waals surface area contributed by atoms with E-state index in [0.717, 1.165) is 23.9 Å². The molecule has 0 amide bonds. The summed E-state index contributed by atoms with van der Waals surface area (Å²) in [7, 11) is 0. The summed E-state index contributed by atoms with van der Waals surface area (Å²) < 4.78 is 1.19. The van der Waals surface area contributed by atoms with Crippen molar-refractivity contribution in [3.63, 3.8) is 0 Å². The molecular weight excluding hydrogens is 348 g/mol. The van der Waals surface area contributed by atoms with Gasteiger partial charge in [0.25, 0.3) is 0 Å². The lowest BCUT2D eigenvalue weighted by molar-refractivity contribution is 0.256. The topological polar surface area (TPSA) is 15.3 Å². The van der Waals surface area contributed by atoms with Gasteiger partial charge in [-0.2, -0.15) is 0 Å². The molecule has 2 saturated heterocycles. The van der Waals surface area contributed by atoms with Crippen molar-refractivity contribution >= 4 is 15.9 Å². The average Bonchev–Trinajstić information content (AvgIpc) is 2.91. The summed E-state index contributed by atoms with van der Waals surface area (Å²) in [5.74, 6) is 1.74. The van der Waals surface area contributed by atoms with Crippen LogP contribution < -0.4 is 5.32 Å². The van der Waals surface area contributed by atoms with Crippen LogP contribution in [0, 0.1) is 5.92 Å². The highest BCUT2D eigenvalue weighted by atomic mass is 79.9. The van der Waals surface area contributed by atoms with Gasteiger partial charge in [-0.05, 0) is 88.6 Å². The molecule has 2 aliphatic heterocycles. The fourth-order valence-corrected chi connectivity index (χ4v) is 4.26. The van der Waals surface area contributed by atoms with Gasteiger partial charge in [0.2, 0.25) is 0 Å². The minimum absolute atomic E-state index is 0.796. The zero-order chi connectivity index (χ0) is 16.2. The number of likely N-dealkylation sites (tertiary alicyclic amines) is 1. The SMILES string of the molecule is CC1CCCN1C[C@H]1C[C@@H]1c1ccc(Br)cc1.C[C@H]1CCCN1. The van der Waals surface area contributed by atoms with Gasteiger partial charge in [-0.1, -0.05) is 28.1 Å². The summed E-state index contributed by atoms with van der Waals surface area (Å²) in [6.07, 6.45) is 6.94. The van der Waals surface area contributed by atoms with Crippen LogP contribution in [-0.4, -0.2) is 36.6 Å². The largest absolute Gasteiger partial charge is 0.314 e. The molecule has 0 bridgehead atoms. The van der Waals surface area contributed by atoms with Crippen LogP contribution in [0.1, 0.15) is 57.4 Å². The maximum Gasteiger partial charge on any atom is 0.0175 e. The highest BCUT2D eigenvalue weighted by Gasteiger charge is 2.40. The lowest BCUT2D eigenvalue weighted by Crippen LogP contribution is -2.29. The molecule has 4 rings (SSSR count). The summed E-state index contributed by atoms with van der Waals surface area (Å²) in [6, 6.07) is 10.5. The fraction of sp³-hybridized carbons (Fsp3) is 0.700. The van der Waals surface area contributed by atoms with Gasteiger partial charge in [-0.25, -0.2) is 0 Å². The second-order valence-corrected chi connectivity index (χ2v) is 8.55. The van der Waals surface area contributed by atoms with E-state index in [-0.39, 0.29) is 0 Å². The molecule has 1 aromatic carbocycles. The van der Waals surface area contributed by atoms with Gasteiger partial charge in [0.15, 0.2) is 0 Å². The predicted octanol–water partition coefficient (Wildman–Crippen LogP) is 4.80. The molecule has 0 aromatic heterocycles. The van der Waals surface area contributed by atoms with E-state index in [1.807, 2.05) is 0 Å². The molecule has 1 aromatic rings. The molecule has 23 heavy (non-hydrogen) atoms. The second kappa shape index (κ2) is 8.13. The Bertz CT molecular complexity index is 481. The molecule has 2 nitrogen and oxygen atoms in total. The zero-order valence-electron chi connectivity index (χ0n) is 14.6. The quantitative estimate of drug-likeness (QED) is 0.812. The third-order valence-corrected chi connectivity index (χ3v) is 6.22. The Morgan fingerprint density at radius 3 is 2.43 bits per heavy atom. The molecule has 0 spiro atoms. The number of rotatable bonds is 3. The first-order chi connectivity index (χ1) is 11.1. The molecule has 0 radical (unpaired) electrons. The van der Waals surface area contributed by atoms with Crippen molar-refractivity contribution in [1.82, 2.24) is 10.2 Å². The Hall–Kier alpha value is -0.380. The molecule has 1 N–H and O–H groups in total. The van der Waals surface area contributed by atoms with E-state index in [0.29, 0.717) is 0 Å². The van der Waals surface area contributed by atoms with Crippen molar-refractivity contribution in [3.8, 4) is 0 Å². The Kier molecular flexibility index (Phi) is 6.17. The van der Waals surface area contributed by atoms with Crippen LogP contribution in [0.5, 0.6) is 0 Å². The number of nitrogens with zero attached hydrogens (tertiary/aromatic N) is 1. The number of halogens is 1. The molecule has 1 unspecified atom stereocenters. The molecular formula is C20H31BrN2. The summed E-state index contributed by atoms with van der Waals surface area (Å²) in [5, 5.41) is 3.32. The Balaban J connectivity index is 0.000000220. The van der Waals surface area contributed by atoms with Gasteiger partial charge in [0.05, 0.1) is 0 Å². The normalized spacial score (nSPS) is 33.3. The van der Waals surface area contributed by atoms with Gasteiger partial charge in [-0.15, -0.1) is 0 Å². The Morgan fingerprint density at radius 1 is 1.13 bits per heavy atom. The minimum atomic E-state index is 0.796. The third kappa shape index (κ3) is 5.04. The van der Waals surface area contributed by atoms with Crippen LogP contribution in [0.2, 0.25) is 0 Å². The van der Waals surface area contributed by atoms with Crippen molar-refractivity contribution in [2.24, 2.45) is 5.92 Å². The zero-order valence-corrected chi connectivity index (χ0v) is 16.2. The predicted molar refractivity (Wildman–Crippen MR) is 102 cm³/mol. The van der Waals surface area contributed by atoms with Crippen molar-refractivity contribution in [3.05, 3.63) is 34.3 Å². The average molecular weight is 379 g/mol. The van der Waals surface area contributed by atoms with Crippen LogP contribution in [0.25, 0.3) is 0 Å². The molecule has 128 valence electrons. The third-order valence-electron chi connectivity index (χ3n) is 5.69. The molecule has 4 atom stereocenters. The van der Waals surface area contributed by atoms with Crippen molar-refractivity contribution in [1.29, 1.82) is 0 Å². The van der Waals surface area contributed by atoms with Crippen LogP contribution in [-0.2, 0) is 0 Å². The van der Waals surface area contributed by atoms with Crippen LogP contribution in [0.4, 0.5) is 0 Å². The van der Waals surface area contributed by atoms with Gasteiger partial charge >= 0.3 is 0 Å². The lowest BCUT2D eigenvalue weighted by atomic mass is 10.1. The van der Waals surface area contributed by atoms with Crippen LogP contribution in [0.15, 0.2) is 28.7 Å². The summed E-state index contributed by atoms with van der Waals surface area (Å²) in [4.78, 5) is 2.68. The number of hydrogen-bond donors (Lipinski definition) is 1. The van der Waals surface area contributed by atoms with Crippen LogP contribution >= 0.6 is 15.9 Å². The van der Waals surface area contributed by atoms with Crippen molar-refractivity contribution < 1.29 is 0 Å². The monoisotopic (exact) mass is 378 g/mol. The van der Waals surface area contributed by atoms with E-state index in [1.165, 1.54) is 61.8 Å². The van der Waals surface area contributed by atoms with E-state index in [9.17, 15) is 0 Å². The number of benzene rings is 1. The summed E-state index contributed by atoms with van der Waals surface area (Å²) >= 11 is 3.50. The standard InChI is InChI=1S/C15H20BrN.C5H11N/c1-11-3-2-8-17(11)10-13-9-15(13)12-4-6-14(16)7-5-12;1-5-3-2-4-6-5/h4-7,11,13,15H,2-3,8-10H2,1H3;5-6H,2-4H2,1H3/t11?,13-,15-;5-/m10/s1. The molecule has 3 aliphatic rings. The smallest absolute Gasteiger partial charge is 0.0175 e. The highest BCUT2D eigenvalue weighted by Crippen LogP contribution is 2.48. The lowest BCUT2D eigenvalue weighted by Gasteiger charge is -2.20. The first kappa shape index (κ1) is 17.4. The Labute approximate surface area is 150 Å². The van der Waals surface area contributed by atoms with E-state index >= 15 is 0 Å². The second-order valence-electron chi connectivity index (χ2n) is 7.64. The van der Waals surface area contributed by atoms with E-state index < -0.39 is 0 Å². The molecule has 3 fully saturated rings. The first-order valence-corrected chi connectivity index (χ1v) is 10.2. The van der Waals surface area contributed by atoms with E-state index in [4.69, 9.17) is 0 Å². The van der Waals surface area contributed by atoms with Gasteiger partial charge in [-0.3, -0.25) is 0 Å². The molecule has 2 heterocycles. The van der Waals surface area contributed by atoms with Gasteiger partial charge in [0, 0.05) is 23.1 Å². The molecule has 1 aliphatic carbocycles. The number of hydrogen-bond acceptors (Lipinski definition) is 2. The van der Waals surface area contributed by atoms with E-state index in [2.05, 4.69) is 64.3 Å². The Morgan fingerprint density at radius 2 is 1.91 bits per heavy atom. The maximum absolute atomic E-state index is 3.50. The molecule has 3 heteroatoms. The van der Waals surface area contributed by atoms with Gasteiger partial charge < -0.3 is 10.2 Å². The van der Waals surface area contributed by atoms with Gasteiger partial charge in [0.1, 0.15) is 0 Å². The molecule has 1 saturated carbocycles. The summed E-state index contributed by atoms with van der Waals surface area (Å²) in [6.45, 7) is 8.49. The maximum atomic E-state index is 3.50. The van der Waals surface area contributed by atoms with E-state index in [1.54, 1.807) is 0 Å². The number of nitrogens with one attached hydrogen (secondary N) is 1. The highest BCUT2D eigenvalue weighted by molar-refractivity contribution is 9.10.